The van der Waals surface area contributed by atoms with E-state index in [1.54, 1.807) is 17.9 Å². The molecule has 3 aromatic rings. The van der Waals surface area contributed by atoms with Gasteiger partial charge in [-0.1, -0.05) is 25.0 Å². The summed E-state index contributed by atoms with van der Waals surface area (Å²) in [4.78, 5) is 24.3. The minimum atomic E-state index is -4.43. The highest BCUT2D eigenvalue weighted by molar-refractivity contribution is 14.1. The second-order valence-electron chi connectivity index (χ2n) is 9.76. The smallest absolute Gasteiger partial charge is 0.352 e. The summed E-state index contributed by atoms with van der Waals surface area (Å²) in [7, 11) is 1.81. The lowest BCUT2D eigenvalue weighted by molar-refractivity contribution is -0.138. The van der Waals surface area contributed by atoms with Gasteiger partial charge in [0.25, 0.3) is 0 Å². The summed E-state index contributed by atoms with van der Waals surface area (Å²) in [6.07, 6.45) is -0.782. The van der Waals surface area contributed by atoms with E-state index >= 15 is 0 Å². The molecule has 0 radical (unpaired) electrons. The van der Waals surface area contributed by atoms with Gasteiger partial charge in [0, 0.05) is 18.1 Å². The van der Waals surface area contributed by atoms with Crippen molar-refractivity contribution in [3.05, 3.63) is 58.4 Å². The summed E-state index contributed by atoms with van der Waals surface area (Å²) in [6, 6.07) is 8.21. The average Bonchev–Trinajstić information content (AvgIpc) is 3.33. The van der Waals surface area contributed by atoms with Crippen molar-refractivity contribution >= 4 is 50.9 Å². The van der Waals surface area contributed by atoms with Gasteiger partial charge in [-0.3, -0.25) is 4.79 Å². The number of benzene rings is 2. The van der Waals surface area contributed by atoms with Crippen LogP contribution in [0.15, 0.2) is 30.3 Å². The quantitative estimate of drug-likeness (QED) is 0.207. The maximum absolute atomic E-state index is 13.6. The Morgan fingerprint density at radius 2 is 1.74 bits per heavy atom. The van der Waals surface area contributed by atoms with Crippen LogP contribution in [0.4, 0.5) is 24.7 Å². The van der Waals surface area contributed by atoms with Crippen LogP contribution in [0.2, 0.25) is 0 Å². The number of anilines is 2. The Morgan fingerprint density at radius 3 is 2.40 bits per heavy atom. The van der Waals surface area contributed by atoms with Crippen molar-refractivity contribution < 1.29 is 18.0 Å². The molecule has 1 spiro atoms. The number of amides is 1. The molecule has 1 atom stereocenters. The number of aromatic nitrogens is 2. The Kier molecular flexibility index (Phi) is 5.58. The van der Waals surface area contributed by atoms with Gasteiger partial charge >= 0.3 is 6.18 Å². The molecule has 1 saturated carbocycles. The molecule has 0 saturated heterocycles. The van der Waals surface area contributed by atoms with E-state index in [0.717, 1.165) is 48.4 Å². The normalized spacial score (nSPS) is 18.9. The summed E-state index contributed by atoms with van der Waals surface area (Å²) < 4.78 is 39.8. The number of nitrogens with zero attached hydrogens (tertiary/aromatic N) is 3. The van der Waals surface area contributed by atoms with Gasteiger partial charge in [0.05, 0.1) is 16.5 Å². The van der Waals surface area contributed by atoms with E-state index in [1.807, 2.05) is 26.1 Å². The predicted octanol–water partition coefficient (Wildman–Crippen LogP) is 6.77. The zero-order valence-electron chi connectivity index (χ0n) is 20.0. The first kappa shape index (κ1) is 24.3. The van der Waals surface area contributed by atoms with Gasteiger partial charge in [-0.25, -0.2) is 9.97 Å². The van der Waals surface area contributed by atoms with Crippen molar-refractivity contribution in [1.82, 2.24) is 9.97 Å². The third-order valence-corrected chi connectivity index (χ3v) is 8.32. The number of hydrogen-bond acceptors (Lipinski definition) is 4. The molecule has 5 rings (SSSR count). The monoisotopic (exact) mass is 594 g/mol. The molecule has 9 heteroatoms. The first-order chi connectivity index (χ1) is 16.3. The third-order valence-electron chi connectivity index (χ3n) is 7.47. The largest absolute Gasteiger partial charge is 0.416 e. The number of alkyl halides is 4. The molecule has 2 aromatic carbocycles. The fraction of sp³-hybridized carbons (Fsp3) is 0.423. The van der Waals surface area contributed by atoms with Crippen LogP contribution in [0, 0.1) is 13.8 Å². The standard InChI is InChI=1S/C26H26F3IN4O/c1-14-17(8-7-9-18(14)26(27,28)29)24(3,30)33-22-16-12-19-21(13-20(16)31-15(2)32-22)34(4)23(35)25(19)10-5-6-11-25/h7-9,12-13H,5-6,10-11H2,1-4H3,(H,31,32,33). The van der Waals surface area contributed by atoms with Crippen molar-refractivity contribution in [2.45, 2.75) is 61.6 Å². The van der Waals surface area contributed by atoms with Crippen molar-refractivity contribution in [2.24, 2.45) is 0 Å². The lowest BCUT2D eigenvalue weighted by atomic mass is 9.79. The van der Waals surface area contributed by atoms with E-state index in [9.17, 15) is 18.0 Å². The van der Waals surface area contributed by atoms with E-state index in [-0.39, 0.29) is 11.5 Å². The Balaban J connectivity index is 1.65. The molecule has 1 aromatic heterocycles. The van der Waals surface area contributed by atoms with Gasteiger partial charge in [0.15, 0.2) is 0 Å². The number of carbonyl (C=O) groups excluding carboxylic acids is 1. The van der Waals surface area contributed by atoms with Crippen LogP contribution in [-0.4, -0.2) is 22.9 Å². The molecular formula is C26H26F3IN4O. The van der Waals surface area contributed by atoms with E-state index in [1.165, 1.54) is 13.0 Å². The highest BCUT2D eigenvalue weighted by atomic mass is 127. The zero-order chi connectivity index (χ0) is 25.3. The highest BCUT2D eigenvalue weighted by Gasteiger charge is 2.51. The van der Waals surface area contributed by atoms with Gasteiger partial charge in [-0.05, 0) is 91.1 Å². The summed E-state index contributed by atoms with van der Waals surface area (Å²) in [5.41, 5.74) is 2.12. The van der Waals surface area contributed by atoms with Crippen LogP contribution in [0.3, 0.4) is 0 Å². The Morgan fingerprint density at radius 1 is 1.09 bits per heavy atom. The van der Waals surface area contributed by atoms with Gasteiger partial charge in [0.1, 0.15) is 15.2 Å². The van der Waals surface area contributed by atoms with Crippen LogP contribution in [0.5, 0.6) is 0 Å². The van der Waals surface area contributed by atoms with Gasteiger partial charge in [-0.15, -0.1) is 0 Å². The molecule has 2 heterocycles. The number of nitrogens with one attached hydrogen (secondary N) is 1. The molecule has 1 amide bonds. The highest BCUT2D eigenvalue weighted by Crippen LogP contribution is 2.52. The maximum Gasteiger partial charge on any atom is 0.416 e. The molecule has 1 N–H and O–H groups in total. The van der Waals surface area contributed by atoms with Crippen LogP contribution in [0.25, 0.3) is 10.9 Å². The fourth-order valence-electron chi connectivity index (χ4n) is 5.79. The number of hydrogen-bond donors (Lipinski definition) is 1. The average molecular weight is 594 g/mol. The van der Waals surface area contributed by atoms with Crippen LogP contribution in [-0.2, 0) is 19.9 Å². The molecule has 1 aliphatic carbocycles. The topological polar surface area (TPSA) is 58.1 Å². The zero-order valence-corrected chi connectivity index (χ0v) is 22.1. The molecule has 0 bridgehead atoms. The number of likely N-dealkylation sites (N-methyl/N-ethyl adjacent to an activating group) is 1. The van der Waals surface area contributed by atoms with E-state index in [4.69, 9.17) is 0 Å². The molecule has 2 aliphatic rings. The van der Waals surface area contributed by atoms with Gasteiger partial charge in [-0.2, -0.15) is 13.2 Å². The second kappa shape index (κ2) is 8.04. The molecule has 1 aliphatic heterocycles. The number of fused-ring (bicyclic) bond motifs is 3. The molecular weight excluding hydrogens is 568 g/mol. The minimum absolute atomic E-state index is 0.123. The van der Waals surface area contributed by atoms with E-state index in [0.29, 0.717) is 22.7 Å². The Hall–Kier alpha value is -2.43. The summed E-state index contributed by atoms with van der Waals surface area (Å²) in [5.74, 6) is 1.20. The second-order valence-corrected chi connectivity index (χ2v) is 11.9. The number of rotatable bonds is 3. The van der Waals surface area contributed by atoms with Crippen molar-refractivity contribution in [3.63, 3.8) is 0 Å². The lowest BCUT2D eigenvalue weighted by Crippen LogP contribution is -2.36. The number of carbonyl (C=O) groups is 1. The third kappa shape index (κ3) is 3.77. The summed E-state index contributed by atoms with van der Waals surface area (Å²) >= 11 is 2.13. The van der Waals surface area contributed by atoms with E-state index in [2.05, 4.69) is 37.9 Å². The number of aryl methyl sites for hydroxylation is 1. The molecule has 184 valence electrons. The van der Waals surface area contributed by atoms with Crippen LogP contribution in [0.1, 0.15) is 60.7 Å². The molecule has 35 heavy (non-hydrogen) atoms. The Labute approximate surface area is 215 Å². The fourth-order valence-corrected chi connectivity index (χ4v) is 6.63. The first-order valence-corrected chi connectivity index (χ1v) is 12.7. The molecule has 1 fully saturated rings. The number of halogens is 4. The minimum Gasteiger partial charge on any atom is -0.352 e. The van der Waals surface area contributed by atoms with Gasteiger partial charge < -0.3 is 10.2 Å². The maximum atomic E-state index is 13.6. The summed E-state index contributed by atoms with van der Waals surface area (Å²) in [6.45, 7) is 5.12. The van der Waals surface area contributed by atoms with Crippen LogP contribution >= 0.6 is 22.6 Å². The lowest BCUT2D eigenvalue weighted by Gasteiger charge is -2.29. The Bertz CT molecular complexity index is 1360. The van der Waals surface area contributed by atoms with Gasteiger partial charge in [0.2, 0.25) is 5.91 Å². The van der Waals surface area contributed by atoms with Crippen molar-refractivity contribution in [3.8, 4) is 0 Å². The van der Waals surface area contributed by atoms with Crippen LogP contribution < -0.4 is 10.2 Å². The molecule has 5 nitrogen and oxygen atoms in total. The van der Waals surface area contributed by atoms with Crippen molar-refractivity contribution in [2.75, 3.05) is 17.3 Å². The SMILES string of the molecule is Cc1nc(NC(C)(I)c2cccc(C(F)(F)F)c2C)c2cc3c(cc2n1)N(C)C(=O)C31CCCC1. The van der Waals surface area contributed by atoms with Crippen molar-refractivity contribution in [1.29, 1.82) is 0 Å². The molecule has 1 unspecified atom stereocenters. The summed E-state index contributed by atoms with van der Waals surface area (Å²) in [5, 5.41) is 4.16. The predicted molar refractivity (Wildman–Crippen MR) is 139 cm³/mol. The first-order valence-electron chi connectivity index (χ1n) is 11.6. The van der Waals surface area contributed by atoms with E-state index < -0.39 is 20.7 Å².